The van der Waals surface area contributed by atoms with Gasteiger partial charge in [-0.2, -0.15) is 13.2 Å². The third kappa shape index (κ3) is 4.92. The van der Waals surface area contributed by atoms with Gasteiger partial charge < -0.3 is 14.8 Å². The van der Waals surface area contributed by atoms with Crippen molar-refractivity contribution in [3.63, 3.8) is 0 Å². The topological polar surface area (TPSA) is 64.6 Å². The van der Waals surface area contributed by atoms with E-state index in [1.165, 1.54) is 38.1 Å². The second-order valence-corrected chi connectivity index (χ2v) is 6.10. The number of benzene rings is 1. The molecule has 9 heteroatoms. The number of anilines is 1. The lowest BCUT2D eigenvalue weighted by molar-refractivity contribution is -0.222. The quantitative estimate of drug-likeness (QED) is 0.391. The number of cyclic esters (lactones) is 2. The van der Waals surface area contributed by atoms with Crippen LogP contribution in [0.2, 0.25) is 0 Å². The van der Waals surface area contributed by atoms with E-state index in [4.69, 9.17) is 9.47 Å². The van der Waals surface area contributed by atoms with Gasteiger partial charge in [-0.3, -0.25) is 0 Å². The van der Waals surface area contributed by atoms with E-state index < -0.39 is 23.2 Å². The van der Waals surface area contributed by atoms with Crippen LogP contribution in [0.3, 0.4) is 0 Å². The van der Waals surface area contributed by atoms with E-state index in [1.54, 1.807) is 0 Å². The molecule has 0 saturated carbocycles. The maximum absolute atomic E-state index is 12.3. The molecule has 1 N–H and O–H groups in total. The molecule has 1 saturated heterocycles. The van der Waals surface area contributed by atoms with Gasteiger partial charge in [-0.15, -0.1) is 0 Å². The number of alkyl halides is 3. The molecule has 0 spiro atoms. The van der Waals surface area contributed by atoms with Crippen LogP contribution in [-0.2, 0) is 19.1 Å². The second-order valence-electron chi connectivity index (χ2n) is 4.96. The van der Waals surface area contributed by atoms with Crippen molar-refractivity contribution in [2.45, 2.75) is 30.0 Å². The van der Waals surface area contributed by atoms with Crippen molar-refractivity contribution in [3.8, 4) is 0 Å². The van der Waals surface area contributed by atoms with E-state index >= 15 is 0 Å². The van der Waals surface area contributed by atoms with Crippen LogP contribution in [0.4, 0.5) is 18.9 Å². The lowest BCUT2D eigenvalue weighted by Crippen LogP contribution is -2.42. The summed E-state index contributed by atoms with van der Waals surface area (Å²) in [7, 11) is 0. The summed E-state index contributed by atoms with van der Waals surface area (Å²) in [4.78, 5) is 23.4. The molecule has 2 rings (SSSR count). The van der Waals surface area contributed by atoms with Crippen molar-refractivity contribution < 1.29 is 32.2 Å². The number of halogens is 3. The van der Waals surface area contributed by atoms with E-state index in [-0.39, 0.29) is 27.9 Å². The van der Waals surface area contributed by atoms with E-state index in [0.717, 1.165) is 6.20 Å². The molecule has 1 aliphatic rings. The Balaban J connectivity index is 2.12. The fourth-order valence-electron chi connectivity index (χ4n) is 1.72. The Morgan fingerprint density at radius 3 is 2.35 bits per heavy atom. The second kappa shape index (κ2) is 6.15. The molecular formula is C14H12F3NO4S. The third-order valence-corrected chi connectivity index (χ3v) is 3.29. The van der Waals surface area contributed by atoms with Crippen LogP contribution in [-0.4, -0.2) is 23.2 Å². The number of hydrogen-bond acceptors (Lipinski definition) is 6. The van der Waals surface area contributed by atoms with Crippen LogP contribution in [0.1, 0.15) is 13.8 Å². The van der Waals surface area contributed by atoms with Gasteiger partial charge in [0.2, 0.25) is 0 Å². The van der Waals surface area contributed by atoms with E-state index in [0.29, 0.717) is 0 Å². The summed E-state index contributed by atoms with van der Waals surface area (Å²) in [5, 5.41) is 2.58. The number of rotatable bonds is 3. The Morgan fingerprint density at radius 2 is 1.78 bits per heavy atom. The largest absolute Gasteiger partial charge is 0.446 e. The summed E-state index contributed by atoms with van der Waals surface area (Å²) in [5.74, 6) is -3.10. The SMILES string of the molecule is CC1(C)OC(=O)C(=CNc2cccc(SC(F)(F)F)c2)C(=O)O1. The molecule has 1 aromatic carbocycles. The van der Waals surface area contributed by atoms with Crippen molar-refractivity contribution in [2.24, 2.45) is 0 Å². The number of carbonyl (C=O) groups excluding carboxylic acids is 2. The monoisotopic (exact) mass is 347 g/mol. The number of carbonyl (C=O) groups is 2. The molecule has 1 fully saturated rings. The molecule has 0 aliphatic carbocycles. The Hall–Kier alpha value is -2.16. The Bertz CT molecular complexity index is 648. The fraction of sp³-hybridized carbons (Fsp3) is 0.286. The molecule has 0 radical (unpaired) electrons. The summed E-state index contributed by atoms with van der Waals surface area (Å²) in [5.41, 5.74) is -4.50. The minimum atomic E-state index is -4.40. The predicted octanol–water partition coefficient (Wildman–Crippen LogP) is 3.43. The first kappa shape index (κ1) is 17.2. The molecule has 0 bridgehead atoms. The highest BCUT2D eigenvalue weighted by atomic mass is 32.2. The predicted molar refractivity (Wildman–Crippen MR) is 76.3 cm³/mol. The van der Waals surface area contributed by atoms with Gasteiger partial charge in [0.25, 0.3) is 5.79 Å². The minimum Gasteiger partial charge on any atom is -0.419 e. The molecule has 0 aromatic heterocycles. The van der Waals surface area contributed by atoms with Crippen molar-refractivity contribution in [2.75, 3.05) is 5.32 Å². The van der Waals surface area contributed by atoms with Gasteiger partial charge in [0.15, 0.2) is 5.57 Å². The fourth-order valence-corrected chi connectivity index (χ4v) is 2.32. The normalized spacial score (nSPS) is 17.3. The van der Waals surface area contributed by atoms with Crippen molar-refractivity contribution in [1.82, 2.24) is 0 Å². The van der Waals surface area contributed by atoms with Crippen LogP contribution in [0.15, 0.2) is 40.9 Å². The first-order valence-corrected chi connectivity index (χ1v) is 7.17. The molecular weight excluding hydrogens is 335 g/mol. The van der Waals surface area contributed by atoms with Gasteiger partial charge in [0, 0.05) is 30.6 Å². The Morgan fingerprint density at radius 1 is 1.17 bits per heavy atom. The molecule has 124 valence electrons. The lowest BCUT2D eigenvalue weighted by Gasteiger charge is -2.29. The van der Waals surface area contributed by atoms with Gasteiger partial charge >= 0.3 is 17.4 Å². The number of thioether (sulfide) groups is 1. The van der Waals surface area contributed by atoms with Gasteiger partial charge in [-0.25, -0.2) is 9.59 Å². The molecule has 23 heavy (non-hydrogen) atoms. The van der Waals surface area contributed by atoms with Gasteiger partial charge in [0.1, 0.15) is 0 Å². The smallest absolute Gasteiger partial charge is 0.419 e. The Labute approximate surface area is 133 Å². The van der Waals surface area contributed by atoms with Crippen LogP contribution in [0.5, 0.6) is 0 Å². The van der Waals surface area contributed by atoms with Crippen LogP contribution < -0.4 is 5.32 Å². The van der Waals surface area contributed by atoms with Crippen LogP contribution in [0.25, 0.3) is 0 Å². The zero-order valence-corrected chi connectivity index (χ0v) is 12.9. The highest BCUT2D eigenvalue weighted by Crippen LogP contribution is 2.37. The molecule has 5 nitrogen and oxygen atoms in total. The highest BCUT2D eigenvalue weighted by Gasteiger charge is 2.39. The van der Waals surface area contributed by atoms with Gasteiger partial charge in [-0.1, -0.05) is 6.07 Å². The number of hydrogen-bond donors (Lipinski definition) is 1. The number of nitrogens with one attached hydrogen (secondary N) is 1. The summed E-state index contributed by atoms with van der Waals surface area (Å²) in [6.07, 6.45) is 1.04. The maximum atomic E-state index is 12.3. The highest BCUT2D eigenvalue weighted by molar-refractivity contribution is 8.00. The number of ether oxygens (including phenoxy) is 2. The summed E-state index contributed by atoms with van der Waals surface area (Å²) in [6.45, 7) is 2.82. The zero-order valence-electron chi connectivity index (χ0n) is 12.1. The standard InChI is InChI=1S/C14H12F3NO4S/c1-13(2)21-11(19)10(12(20)22-13)7-18-8-4-3-5-9(6-8)23-14(15,16)17/h3-7,18H,1-2H3. The van der Waals surface area contributed by atoms with E-state index in [9.17, 15) is 22.8 Å². The molecule has 0 unspecified atom stereocenters. The van der Waals surface area contributed by atoms with Gasteiger partial charge in [0.05, 0.1) is 0 Å². The van der Waals surface area contributed by atoms with Crippen LogP contribution >= 0.6 is 11.8 Å². The molecule has 0 amide bonds. The maximum Gasteiger partial charge on any atom is 0.446 e. The molecule has 0 atom stereocenters. The first-order chi connectivity index (χ1) is 10.6. The summed E-state index contributed by atoms with van der Waals surface area (Å²) >= 11 is -0.267. The first-order valence-electron chi connectivity index (χ1n) is 6.35. The van der Waals surface area contributed by atoms with Crippen molar-refractivity contribution in [3.05, 3.63) is 36.0 Å². The summed E-state index contributed by atoms with van der Waals surface area (Å²) < 4.78 is 46.8. The molecule has 1 aromatic rings. The van der Waals surface area contributed by atoms with Gasteiger partial charge in [-0.05, 0) is 30.0 Å². The van der Waals surface area contributed by atoms with E-state index in [2.05, 4.69) is 5.32 Å². The average Bonchev–Trinajstić information content (AvgIpc) is 2.34. The average molecular weight is 347 g/mol. The van der Waals surface area contributed by atoms with E-state index in [1.807, 2.05) is 0 Å². The minimum absolute atomic E-state index is 0.0316. The third-order valence-electron chi connectivity index (χ3n) is 2.57. The lowest BCUT2D eigenvalue weighted by atomic mass is 10.2. The Kier molecular flexibility index (Phi) is 4.60. The molecule has 1 aliphatic heterocycles. The van der Waals surface area contributed by atoms with Crippen molar-refractivity contribution in [1.29, 1.82) is 0 Å². The zero-order chi connectivity index (χ0) is 17.3. The summed E-state index contributed by atoms with van der Waals surface area (Å²) in [6, 6.07) is 5.43. The van der Waals surface area contributed by atoms with Crippen molar-refractivity contribution >= 4 is 29.4 Å². The van der Waals surface area contributed by atoms with Crippen LogP contribution in [0, 0.1) is 0 Å². The molecule has 1 heterocycles. The number of esters is 2.